The Hall–Kier alpha value is -2.70. The third-order valence-electron chi connectivity index (χ3n) is 3.41. The predicted octanol–water partition coefficient (Wildman–Crippen LogP) is 3.38. The van der Waals surface area contributed by atoms with E-state index in [4.69, 9.17) is 23.1 Å². The fourth-order valence-corrected chi connectivity index (χ4v) is 3.43. The number of anilines is 1. The van der Waals surface area contributed by atoms with E-state index in [9.17, 15) is 9.59 Å². The molecule has 3 rings (SSSR count). The van der Waals surface area contributed by atoms with Gasteiger partial charge in [0.05, 0.1) is 9.90 Å². The highest BCUT2D eigenvalue weighted by Crippen LogP contribution is 2.35. The monoisotopic (exact) mass is 357 g/mol. The minimum Gasteiger partial charge on any atom is -0.375 e. The highest BCUT2D eigenvalue weighted by Gasteiger charge is 2.24. The molecule has 1 amide bonds. The largest absolute Gasteiger partial charge is 0.375 e. The molecular weight excluding hydrogens is 346 g/mol. The van der Waals surface area contributed by atoms with Crippen molar-refractivity contribution >= 4 is 39.8 Å². The molecule has 0 saturated carbocycles. The Morgan fingerprint density at radius 1 is 1.00 bits per heavy atom. The van der Waals surface area contributed by atoms with Gasteiger partial charge >= 0.3 is 0 Å². The van der Waals surface area contributed by atoms with E-state index in [1.807, 2.05) is 0 Å². The number of halogens is 1. The lowest BCUT2D eigenvalue weighted by Gasteiger charge is -2.07. The number of hydrogen-bond acceptors (Lipinski definition) is 5. The number of ketones is 1. The molecule has 0 aliphatic heterocycles. The van der Waals surface area contributed by atoms with Crippen LogP contribution in [0.25, 0.3) is 10.4 Å². The summed E-state index contributed by atoms with van der Waals surface area (Å²) < 4.78 is 0. The number of primary amides is 1. The minimum absolute atomic E-state index is 0.152. The molecule has 4 N–H and O–H groups in total. The van der Waals surface area contributed by atoms with Crippen molar-refractivity contribution in [2.24, 2.45) is 5.73 Å². The Labute approximate surface area is 146 Å². The summed E-state index contributed by atoms with van der Waals surface area (Å²) >= 11 is 7.23. The fraction of sp³-hybridized carbons (Fsp3) is 0. The first-order valence-electron chi connectivity index (χ1n) is 6.93. The molecule has 1 heterocycles. The first-order valence-corrected chi connectivity index (χ1v) is 8.13. The predicted molar refractivity (Wildman–Crippen MR) is 95.4 cm³/mol. The van der Waals surface area contributed by atoms with Gasteiger partial charge in [0, 0.05) is 16.7 Å². The number of aromatic nitrogens is 1. The van der Waals surface area contributed by atoms with Gasteiger partial charge in [-0.05, 0) is 18.2 Å². The molecule has 24 heavy (non-hydrogen) atoms. The van der Waals surface area contributed by atoms with Crippen molar-refractivity contribution in [3.05, 3.63) is 70.4 Å². The first kappa shape index (κ1) is 16.2. The second-order valence-corrected chi connectivity index (χ2v) is 6.39. The smallest absolute Gasteiger partial charge is 0.249 e. The number of nitrogens with two attached hydrogens (primary N) is 2. The number of carbonyl (C=O) groups excluding carboxylic acids is 2. The summed E-state index contributed by atoms with van der Waals surface area (Å²) in [4.78, 5) is 29.2. The van der Waals surface area contributed by atoms with Crippen molar-refractivity contribution in [3.63, 3.8) is 0 Å². The summed E-state index contributed by atoms with van der Waals surface area (Å²) in [6.45, 7) is 0. The van der Waals surface area contributed by atoms with Crippen molar-refractivity contribution in [3.8, 4) is 10.4 Å². The number of rotatable bonds is 4. The second-order valence-electron chi connectivity index (χ2n) is 4.95. The second kappa shape index (κ2) is 6.43. The van der Waals surface area contributed by atoms with Gasteiger partial charge in [-0.3, -0.25) is 9.59 Å². The normalized spacial score (nSPS) is 10.5. The van der Waals surface area contributed by atoms with E-state index in [0.29, 0.717) is 26.6 Å². The van der Waals surface area contributed by atoms with Crippen molar-refractivity contribution in [1.82, 2.24) is 4.98 Å². The molecule has 0 fully saturated rings. The highest BCUT2D eigenvalue weighted by atomic mass is 35.5. The van der Waals surface area contributed by atoms with Crippen LogP contribution in [0.5, 0.6) is 0 Å². The van der Waals surface area contributed by atoms with Crippen LogP contribution >= 0.6 is 22.9 Å². The van der Waals surface area contributed by atoms with Gasteiger partial charge < -0.3 is 11.5 Å². The topological polar surface area (TPSA) is 99.1 Å². The zero-order valence-corrected chi connectivity index (χ0v) is 13.9. The van der Waals surface area contributed by atoms with Crippen molar-refractivity contribution in [1.29, 1.82) is 0 Å². The van der Waals surface area contributed by atoms with Crippen LogP contribution in [0.1, 0.15) is 26.4 Å². The van der Waals surface area contributed by atoms with Crippen LogP contribution in [-0.2, 0) is 0 Å². The van der Waals surface area contributed by atoms with Gasteiger partial charge in [-0.1, -0.05) is 53.3 Å². The number of nitrogens with zero attached hydrogens (tertiary/aromatic N) is 1. The summed E-state index contributed by atoms with van der Waals surface area (Å²) in [6, 6.07) is 13.4. The van der Waals surface area contributed by atoms with Crippen LogP contribution in [0.3, 0.4) is 0 Å². The number of carbonyl (C=O) groups is 2. The van der Waals surface area contributed by atoms with Crippen LogP contribution < -0.4 is 11.5 Å². The standard InChI is InChI=1S/C17H12ClN3O2S/c18-12-8-4-3-7-11(12)14(22)13-15(24-17(20)21-13)9-5-1-2-6-10(9)16(19)23/h1-8H,(H2,19,23)(H2,20,21). The molecule has 0 spiro atoms. The zero-order valence-electron chi connectivity index (χ0n) is 12.3. The number of benzene rings is 2. The van der Waals surface area contributed by atoms with Gasteiger partial charge in [-0.2, -0.15) is 0 Å². The van der Waals surface area contributed by atoms with Crippen LogP contribution in [0.2, 0.25) is 5.02 Å². The molecule has 0 unspecified atom stereocenters. The van der Waals surface area contributed by atoms with E-state index in [1.165, 1.54) is 0 Å². The van der Waals surface area contributed by atoms with E-state index >= 15 is 0 Å². The molecule has 7 heteroatoms. The Morgan fingerprint density at radius 3 is 2.29 bits per heavy atom. The number of nitrogen functional groups attached to an aromatic ring is 1. The molecule has 0 atom stereocenters. The van der Waals surface area contributed by atoms with E-state index in [2.05, 4.69) is 4.98 Å². The lowest BCUT2D eigenvalue weighted by molar-refractivity contribution is 0.0998. The van der Waals surface area contributed by atoms with Crippen LogP contribution in [0.4, 0.5) is 5.13 Å². The molecule has 2 aromatic carbocycles. The average molecular weight is 358 g/mol. The maximum absolute atomic E-state index is 12.8. The lowest BCUT2D eigenvalue weighted by Crippen LogP contribution is -2.13. The molecule has 120 valence electrons. The molecule has 0 aliphatic rings. The lowest BCUT2D eigenvalue weighted by atomic mass is 10.0. The van der Waals surface area contributed by atoms with Crippen molar-refractivity contribution < 1.29 is 9.59 Å². The maximum Gasteiger partial charge on any atom is 0.249 e. The minimum atomic E-state index is -0.589. The van der Waals surface area contributed by atoms with Gasteiger partial charge in [-0.25, -0.2) is 4.98 Å². The molecular formula is C17H12ClN3O2S. The Kier molecular flexibility index (Phi) is 4.33. The van der Waals surface area contributed by atoms with Crippen molar-refractivity contribution in [2.75, 3.05) is 5.73 Å². The van der Waals surface area contributed by atoms with Gasteiger partial charge in [-0.15, -0.1) is 0 Å². The molecule has 3 aromatic rings. The van der Waals surface area contributed by atoms with Gasteiger partial charge in [0.25, 0.3) is 0 Å². The SMILES string of the molecule is NC(=O)c1ccccc1-c1sc(N)nc1C(=O)c1ccccc1Cl. The van der Waals surface area contributed by atoms with Crippen LogP contribution in [-0.4, -0.2) is 16.7 Å². The van der Waals surface area contributed by atoms with Gasteiger partial charge in [0.1, 0.15) is 5.69 Å². The van der Waals surface area contributed by atoms with E-state index < -0.39 is 5.91 Å². The Bertz CT molecular complexity index is 953. The van der Waals surface area contributed by atoms with Gasteiger partial charge in [0.2, 0.25) is 11.7 Å². The van der Waals surface area contributed by atoms with Crippen molar-refractivity contribution in [2.45, 2.75) is 0 Å². The molecule has 0 radical (unpaired) electrons. The van der Waals surface area contributed by atoms with Crippen LogP contribution in [0, 0.1) is 0 Å². The third-order valence-corrected chi connectivity index (χ3v) is 4.66. The summed E-state index contributed by atoms with van der Waals surface area (Å²) in [7, 11) is 0. The summed E-state index contributed by atoms with van der Waals surface area (Å²) in [5, 5.41) is 0.544. The average Bonchev–Trinajstić information content (AvgIpc) is 2.96. The van der Waals surface area contributed by atoms with Gasteiger partial charge in [0.15, 0.2) is 5.13 Å². The molecule has 5 nitrogen and oxygen atoms in total. The highest BCUT2D eigenvalue weighted by molar-refractivity contribution is 7.19. The summed E-state index contributed by atoms with van der Waals surface area (Å²) in [6.07, 6.45) is 0. The number of amides is 1. The first-order chi connectivity index (χ1) is 11.5. The third kappa shape index (κ3) is 2.89. The fourth-order valence-electron chi connectivity index (χ4n) is 2.34. The summed E-state index contributed by atoms with van der Waals surface area (Å²) in [5.74, 6) is -0.948. The quantitative estimate of drug-likeness (QED) is 0.699. The van der Waals surface area contributed by atoms with E-state index in [-0.39, 0.29) is 16.6 Å². The number of thiazole rings is 1. The molecule has 1 aromatic heterocycles. The maximum atomic E-state index is 12.8. The summed E-state index contributed by atoms with van der Waals surface area (Å²) in [5.41, 5.74) is 12.5. The van der Waals surface area contributed by atoms with E-state index in [1.54, 1.807) is 48.5 Å². The zero-order chi connectivity index (χ0) is 17.3. The Balaban J connectivity index is 2.19. The molecule has 0 saturated heterocycles. The Morgan fingerprint density at radius 2 is 1.62 bits per heavy atom. The van der Waals surface area contributed by atoms with Crippen LogP contribution in [0.15, 0.2) is 48.5 Å². The van der Waals surface area contributed by atoms with E-state index in [0.717, 1.165) is 11.3 Å². The molecule has 0 aliphatic carbocycles. The molecule has 0 bridgehead atoms. The number of hydrogen-bond donors (Lipinski definition) is 2.